The molecule has 0 saturated heterocycles. The van der Waals surface area contributed by atoms with Gasteiger partial charge < -0.3 is 15.8 Å². The lowest BCUT2D eigenvalue weighted by Crippen LogP contribution is -2.32. The molecule has 3 heteroatoms. The fourth-order valence-corrected chi connectivity index (χ4v) is 1.31. The summed E-state index contributed by atoms with van der Waals surface area (Å²) in [5.74, 6) is 0.955. The fraction of sp³-hybridized carbons (Fsp3) is 0.500. The maximum atomic E-state index is 5.54. The molecular weight excluding hydrogens is 188 g/mol. The van der Waals surface area contributed by atoms with Crippen molar-refractivity contribution in [3.8, 4) is 5.75 Å². The second-order valence-corrected chi connectivity index (χ2v) is 3.56. The molecule has 0 bridgehead atoms. The average Bonchev–Trinajstić information content (AvgIpc) is 2.28. The first-order valence-corrected chi connectivity index (χ1v) is 5.42. The third-order valence-corrected chi connectivity index (χ3v) is 2.27. The van der Waals surface area contributed by atoms with Crippen molar-refractivity contribution in [3.63, 3.8) is 0 Å². The van der Waals surface area contributed by atoms with E-state index in [-0.39, 0.29) is 0 Å². The maximum absolute atomic E-state index is 5.54. The van der Waals surface area contributed by atoms with Crippen LogP contribution in [0.1, 0.15) is 19.4 Å². The Balaban J connectivity index is 2.58. The summed E-state index contributed by atoms with van der Waals surface area (Å²) < 4.78 is 5.53. The number of hydrogen-bond acceptors (Lipinski definition) is 3. The van der Waals surface area contributed by atoms with Gasteiger partial charge in [-0.25, -0.2) is 0 Å². The molecule has 0 spiro atoms. The Morgan fingerprint density at radius 2 is 2.13 bits per heavy atom. The average molecular weight is 208 g/mol. The molecule has 0 heterocycles. The summed E-state index contributed by atoms with van der Waals surface area (Å²) in [7, 11) is 0. The summed E-state index contributed by atoms with van der Waals surface area (Å²) in [6.07, 6.45) is 0. The monoisotopic (exact) mass is 208 g/mol. The predicted octanol–water partition coefficient (Wildman–Crippen LogP) is 1.52. The van der Waals surface area contributed by atoms with Crippen molar-refractivity contribution in [2.24, 2.45) is 5.73 Å². The van der Waals surface area contributed by atoms with E-state index in [0.717, 1.165) is 12.3 Å². The van der Waals surface area contributed by atoms with E-state index in [1.807, 2.05) is 25.1 Å². The Labute approximate surface area is 91.6 Å². The molecule has 0 saturated carbocycles. The van der Waals surface area contributed by atoms with E-state index in [9.17, 15) is 0 Å². The number of nitrogens with one attached hydrogen (secondary N) is 1. The van der Waals surface area contributed by atoms with E-state index in [1.54, 1.807) is 0 Å². The van der Waals surface area contributed by atoms with Gasteiger partial charge in [0, 0.05) is 24.7 Å². The van der Waals surface area contributed by atoms with Crippen LogP contribution in [0.2, 0.25) is 0 Å². The molecule has 15 heavy (non-hydrogen) atoms. The molecule has 84 valence electrons. The normalized spacial score (nSPS) is 12.5. The van der Waals surface area contributed by atoms with Gasteiger partial charge in [-0.3, -0.25) is 0 Å². The summed E-state index contributed by atoms with van der Waals surface area (Å²) in [6, 6.07) is 8.40. The lowest BCUT2D eigenvalue weighted by atomic mass is 10.2. The van der Waals surface area contributed by atoms with Crippen LogP contribution in [0.3, 0.4) is 0 Å². The molecule has 0 fully saturated rings. The zero-order chi connectivity index (χ0) is 11.1. The highest BCUT2D eigenvalue weighted by Crippen LogP contribution is 2.17. The zero-order valence-corrected chi connectivity index (χ0v) is 9.49. The molecule has 0 aliphatic heterocycles. The van der Waals surface area contributed by atoms with Gasteiger partial charge in [0.25, 0.3) is 0 Å². The summed E-state index contributed by atoms with van der Waals surface area (Å²) in [6.45, 7) is 6.21. The van der Waals surface area contributed by atoms with Crippen molar-refractivity contribution in [1.29, 1.82) is 0 Å². The molecule has 0 aliphatic carbocycles. The van der Waals surface area contributed by atoms with Gasteiger partial charge in [-0.1, -0.05) is 18.2 Å². The van der Waals surface area contributed by atoms with E-state index in [1.165, 1.54) is 5.56 Å². The Hall–Kier alpha value is -1.06. The third kappa shape index (κ3) is 3.90. The topological polar surface area (TPSA) is 47.3 Å². The van der Waals surface area contributed by atoms with Gasteiger partial charge in [0.15, 0.2) is 0 Å². The lowest BCUT2D eigenvalue weighted by molar-refractivity contribution is 0.335. The van der Waals surface area contributed by atoms with Crippen LogP contribution in [-0.2, 0) is 6.54 Å². The molecule has 3 N–H and O–H groups in total. The third-order valence-electron chi connectivity index (χ3n) is 2.27. The van der Waals surface area contributed by atoms with E-state index in [2.05, 4.69) is 18.3 Å². The van der Waals surface area contributed by atoms with E-state index in [4.69, 9.17) is 10.5 Å². The second kappa shape index (κ2) is 6.43. The van der Waals surface area contributed by atoms with Crippen LogP contribution in [0.4, 0.5) is 0 Å². The molecule has 1 aromatic rings. The molecule has 0 radical (unpaired) electrons. The minimum atomic E-state index is 0.333. The van der Waals surface area contributed by atoms with E-state index >= 15 is 0 Å². The van der Waals surface area contributed by atoms with Crippen molar-refractivity contribution in [2.75, 3.05) is 13.2 Å². The number of ether oxygens (including phenoxy) is 1. The van der Waals surface area contributed by atoms with Crippen LogP contribution < -0.4 is 15.8 Å². The number of benzene rings is 1. The van der Waals surface area contributed by atoms with E-state index in [0.29, 0.717) is 19.2 Å². The van der Waals surface area contributed by atoms with Gasteiger partial charge in [-0.2, -0.15) is 0 Å². The smallest absolute Gasteiger partial charge is 0.123 e. The molecule has 0 aromatic heterocycles. The van der Waals surface area contributed by atoms with Gasteiger partial charge in [0.2, 0.25) is 0 Å². The van der Waals surface area contributed by atoms with Gasteiger partial charge in [-0.15, -0.1) is 0 Å². The predicted molar refractivity (Wildman–Crippen MR) is 63.0 cm³/mol. The summed E-state index contributed by atoms with van der Waals surface area (Å²) in [5, 5.41) is 3.34. The summed E-state index contributed by atoms with van der Waals surface area (Å²) in [4.78, 5) is 0. The van der Waals surface area contributed by atoms with Crippen molar-refractivity contribution in [3.05, 3.63) is 29.8 Å². The second-order valence-electron chi connectivity index (χ2n) is 3.56. The van der Waals surface area contributed by atoms with Gasteiger partial charge in [-0.05, 0) is 19.9 Å². The van der Waals surface area contributed by atoms with Crippen molar-refractivity contribution in [2.45, 2.75) is 26.4 Å². The Morgan fingerprint density at radius 1 is 1.40 bits per heavy atom. The Kier molecular flexibility index (Phi) is 5.15. The molecule has 1 aromatic carbocycles. The van der Waals surface area contributed by atoms with Crippen molar-refractivity contribution >= 4 is 0 Å². The van der Waals surface area contributed by atoms with Crippen LogP contribution in [-0.4, -0.2) is 19.2 Å². The fourth-order valence-electron chi connectivity index (χ4n) is 1.31. The van der Waals surface area contributed by atoms with Gasteiger partial charge in [0.05, 0.1) is 6.61 Å². The maximum Gasteiger partial charge on any atom is 0.123 e. The zero-order valence-electron chi connectivity index (χ0n) is 9.49. The highest BCUT2D eigenvalue weighted by atomic mass is 16.5. The van der Waals surface area contributed by atoms with Crippen LogP contribution in [0, 0.1) is 0 Å². The van der Waals surface area contributed by atoms with Crippen LogP contribution in [0.15, 0.2) is 24.3 Å². The van der Waals surface area contributed by atoms with Gasteiger partial charge >= 0.3 is 0 Å². The molecule has 1 atom stereocenters. The SMILES string of the molecule is CCOc1ccccc1CN[C@@H](C)CN. The summed E-state index contributed by atoms with van der Waals surface area (Å²) in [5.41, 5.74) is 6.72. The molecule has 0 unspecified atom stereocenters. The molecule has 3 nitrogen and oxygen atoms in total. The quantitative estimate of drug-likeness (QED) is 0.745. The summed E-state index contributed by atoms with van der Waals surface area (Å²) >= 11 is 0. The van der Waals surface area contributed by atoms with Gasteiger partial charge in [0.1, 0.15) is 5.75 Å². The first kappa shape index (κ1) is 12.0. The minimum Gasteiger partial charge on any atom is -0.494 e. The molecule has 0 amide bonds. The number of hydrogen-bond donors (Lipinski definition) is 2. The lowest BCUT2D eigenvalue weighted by Gasteiger charge is -2.14. The molecular formula is C12H20N2O. The Morgan fingerprint density at radius 3 is 2.80 bits per heavy atom. The van der Waals surface area contributed by atoms with Crippen LogP contribution in [0.5, 0.6) is 5.75 Å². The standard InChI is InChI=1S/C12H20N2O/c1-3-15-12-7-5-4-6-11(12)9-14-10(2)8-13/h4-7,10,14H,3,8-9,13H2,1-2H3/t10-/m0/s1. The largest absolute Gasteiger partial charge is 0.494 e. The number of rotatable bonds is 6. The van der Waals surface area contributed by atoms with E-state index < -0.39 is 0 Å². The molecule has 0 aliphatic rings. The first-order chi connectivity index (χ1) is 7.27. The number of para-hydroxylation sites is 1. The first-order valence-electron chi connectivity index (χ1n) is 5.42. The minimum absolute atomic E-state index is 0.333. The van der Waals surface area contributed by atoms with Crippen LogP contribution >= 0.6 is 0 Å². The van der Waals surface area contributed by atoms with Crippen molar-refractivity contribution in [1.82, 2.24) is 5.32 Å². The van der Waals surface area contributed by atoms with Crippen molar-refractivity contribution < 1.29 is 4.74 Å². The van der Waals surface area contributed by atoms with Crippen LogP contribution in [0.25, 0.3) is 0 Å². The Bertz CT molecular complexity index is 289. The molecule has 1 rings (SSSR count). The highest BCUT2D eigenvalue weighted by Gasteiger charge is 2.03. The number of nitrogens with two attached hydrogens (primary N) is 1. The highest BCUT2D eigenvalue weighted by molar-refractivity contribution is 5.33.